The zero-order chi connectivity index (χ0) is 20.1. The maximum absolute atomic E-state index is 8.69. The van der Waals surface area contributed by atoms with Gasteiger partial charge in [0.15, 0.2) is 4.98 Å². The molecule has 175 valence electrons. The van der Waals surface area contributed by atoms with Crippen molar-refractivity contribution in [3.63, 3.8) is 0 Å². The maximum Gasteiger partial charge on any atom is 1.00 e. The van der Waals surface area contributed by atoms with Gasteiger partial charge in [0.05, 0.1) is 0 Å². The molecule has 0 aliphatic heterocycles. The largest absolute Gasteiger partial charge is 1.00 e. The van der Waals surface area contributed by atoms with Gasteiger partial charge in [0.2, 0.25) is 5.39 Å². The predicted molar refractivity (Wildman–Crippen MR) is 124 cm³/mol. The second-order valence-electron chi connectivity index (χ2n) is 8.53. The van der Waals surface area contributed by atoms with Crippen LogP contribution < -0.4 is 24.8 Å². The Kier molecular flexibility index (Phi) is 31.9. The van der Waals surface area contributed by atoms with E-state index in [1.807, 2.05) is 12.1 Å². The standard InChI is InChI=1S/C26H45N2.2ClH.Zn/c1-2-3-4-5-6-7-8-9-10-11-12-13-14-15-16-17-18-19-20-25-21-23-26(28-27)24-22-25;;;/h21-24H,2-20H2,1H3;2*1H;/q+1;;;+1/p-2. The first-order valence-corrected chi connectivity index (χ1v) is 12.3. The number of rotatable bonds is 19. The number of diazo groups is 1. The van der Waals surface area contributed by atoms with E-state index in [4.69, 9.17) is 5.39 Å². The zero-order valence-corrected chi connectivity index (χ0v) is 24.6. The third-order valence-corrected chi connectivity index (χ3v) is 5.87. The van der Waals surface area contributed by atoms with Gasteiger partial charge < -0.3 is 24.8 Å². The molecule has 5 heteroatoms. The van der Waals surface area contributed by atoms with Crippen LogP contribution in [0.2, 0.25) is 0 Å². The Labute approximate surface area is 218 Å². The minimum Gasteiger partial charge on any atom is -1.00 e. The van der Waals surface area contributed by atoms with E-state index in [9.17, 15) is 0 Å². The van der Waals surface area contributed by atoms with Crippen LogP contribution in [-0.4, -0.2) is 0 Å². The summed E-state index contributed by atoms with van der Waals surface area (Å²) in [7, 11) is 0. The van der Waals surface area contributed by atoms with Crippen molar-refractivity contribution >= 4 is 5.69 Å². The van der Waals surface area contributed by atoms with Gasteiger partial charge in [-0.25, -0.2) is 0 Å². The molecule has 1 radical (unpaired) electrons. The number of nitrogens with zero attached hydrogens (tertiary/aromatic N) is 2. The van der Waals surface area contributed by atoms with Crippen LogP contribution in [-0.2, 0) is 25.9 Å². The smallest absolute Gasteiger partial charge is 1.00 e. The number of hydrogen-bond acceptors (Lipinski definition) is 1. The van der Waals surface area contributed by atoms with Crippen LogP contribution in [0.1, 0.15) is 128 Å². The summed E-state index contributed by atoms with van der Waals surface area (Å²) < 4.78 is 0. The third kappa shape index (κ3) is 22.8. The molecule has 0 saturated carbocycles. The van der Waals surface area contributed by atoms with Crippen LogP contribution in [0.5, 0.6) is 0 Å². The van der Waals surface area contributed by atoms with E-state index in [2.05, 4.69) is 24.0 Å². The summed E-state index contributed by atoms with van der Waals surface area (Å²) in [4.78, 5) is 3.20. The Morgan fingerprint density at radius 1 is 0.548 bits per heavy atom. The quantitative estimate of drug-likeness (QED) is 0.155. The van der Waals surface area contributed by atoms with Crippen LogP contribution in [0.15, 0.2) is 24.3 Å². The van der Waals surface area contributed by atoms with Gasteiger partial charge in [0, 0.05) is 12.1 Å². The molecule has 31 heavy (non-hydrogen) atoms. The summed E-state index contributed by atoms with van der Waals surface area (Å²) >= 11 is 0. The summed E-state index contributed by atoms with van der Waals surface area (Å²) in [6.07, 6.45) is 26.8. The summed E-state index contributed by atoms with van der Waals surface area (Å²) in [6, 6.07) is 7.90. The van der Waals surface area contributed by atoms with Crippen molar-refractivity contribution in [3.05, 3.63) is 34.8 Å². The van der Waals surface area contributed by atoms with Crippen molar-refractivity contribution < 1.29 is 44.3 Å². The molecule has 0 aromatic heterocycles. The minimum absolute atomic E-state index is 0. The summed E-state index contributed by atoms with van der Waals surface area (Å²) in [5.41, 5.74) is 1.99. The Balaban J connectivity index is -0.00000261. The average molecular weight is 522 g/mol. The molecule has 0 bridgehead atoms. The molecule has 0 saturated heterocycles. The van der Waals surface area contributed by atoms with Gasteiger partial charge in [-0.1, -0.05) is 128 Å². The normalized spacial score (nSPS) is 9.81. The Morgan fingerprint density at radius 2 is 0.871 bits per heavy atom. The average Bonchev–Trinajstić information content (AvgIpc) is 2.73. The van der Waals surface area contributed by atoms with Gasteiger partial charge >= 0.3 is 25.2 Å². The number of benzene rings is 1. The fourth-order valence-corrected chi connectivity index (χ4v) is 3.96. The van der Waals surface area contributed by atoms with Crippen molar-refractivity contribution in [2.45, 2.75) is 129 Å². The molecule has 0 amide bonds. The topological polar surface area (TPSA) is 28.1 Å². The Hall–Kier alpha value is -0.157. The molecule has 1 aromatic rings. The molecule has 0 atom stereocenters. The monoisotopic (exact) mass is 519 g/mol. The van der Waals surface area contributed by atoms with Gasteiger partial charge in [-0.05, 0) is 18.4 Å². The predicted octanol–water partition coefficient (Wildman–Crippen LogP) is 3.76. The molecule has 0 heterocycles. The molecule has 0 aliphatic carbocycles. The summed E-state index contributed by atoms with van der Waals surface area (Å²) in [5.74, 6) is 0. The number of unbranched alkanes of at least 4 members (excludes halogenated alkanes) is 17. The summed E-state index contributed by atoms with van der Waals surface area (Å²) in [6.45, 7) is 2.29. The number of halogens is 2. The van der Waals surface area contributed by atoms with E-state index >= 15 is 0 Å². The van der Waals surface area contributed by atoms with Crippen molar-refractivity contribution in [3.8, 4) is 0 Å². The second kappa shape index (κ2) is 27.9. The van der Waals surface area contributed by atoms with E-state index in [0.717, 1.165) is 6.42 Å². The first-order chi connectivity index (χ1) is 13.9. The molecule has 1 aromatic carbocycles. The Morgan fingerprint density at radius 3 is 1.19 bits per heavy atom. The van der Waals surface area contributed by atoms with E-state index in [1.54, 1.807) is 0 Å². The van der Waals surface area contributed by atoms with Gasteiger partial charge in [-0.3, -0.25) is 0 Å². The van der Waals surface area contributed by atoms with Crippen LogP contribution in [0.4, 0.5) is 5.69 Å². The second-order valence-corrected chi connectivity index (χ2v) is 8.53. The fourth-order valence-electron chi connectivity index (χ4n) is 3.96. The van der Waals surface area contributed by atoms with Crippen molar-refractivity contribution in [2.75, 3.05) is 0 Å². The first-order valence-electron chi connectivity index (χ1n) is 12.3. The Bertz CT molecular complexity index is 503. The maximum atomic E-state index is 8.69. The fraction of sp³-hybridized carbons (Fsp3) is 0.769. The van der Waals surface area contributed by atoms with Gasteiger partial charge in [-0.2, -0.15) is 0 Å². The van der Waals surface area contributed by atoms with Crippen LogP contribution >= 0.6 is 0 Å². The van der Waals surface area contributed by atoms with E-state index in [0.29, 0.717) is 5.69 Å². The molecule has 2 nitrogen and oxygen atoms in total. The van der Waals surface area contributed by atoms with Crippen molar-refractivity contribution in [1.82, 2.24) is 0 Å². The third-order valence-electron chi connectivity index (χ3n) is 5.87. The van der Waals surface area contributed by atoms with E-state index in [1.165, 1.54) is 121 Å². The van der Waals surface area contributed by atoms with Crippen LogP contribution in [0.25, 0.3) is 4.98 Å². The van der Waals surface area contributed by atoms with E-state index in [-0.39, 0.29) is 44.3 Å². The van der Waals surface area contributed by atoms with Gasteiger partial charge in [0.1, 0.15) is 0 Å². The molecule has 1 rings (SSSR count). The molecule has 0 N–H and O–H groups in total. The zero-order valence-electron chi connectivity index (χ0n) is 20.1. The SMILES string of the molecule is CCCCCCCCCCCCCCCCCCCCc1ccc([N+]#N)cc1.[Cl-].[Cl-].[Zn+]. The van der Waals surface area contributed by atoms with Crippen LogP contribution in [0.3, 0.4) is 0 Å². The minimum atomic E-state index is 0. The van der Waals surface area contributed by atoms with Crippen molar-refractivity contribution in [1.29, 1.82) is 5.39 Å². The van der Waals surface area contributed by atoms with E-state index < -0.39 is 0 Å². The molecule has 0 aliphatic rings. The molecular weight excluding hydrogens is 477 g/mol. The number of hydrogen-bond donors (Lipinski definition) is 0. The molecular formula is C26H45Cl2N2Zn. The van der Waals surface area contributed by atoms with Crippen molar-refractivity contribution in [2.24, 2.45) is 0 Å². The first kappa shape index (κ1) is 35.4. The molecule has 0 spiro atoms. The summed E-state index contributed by atoms with van der Waals surface area (Å²) in [5, 5.41) is 8.69. The van der Waals surface area contributed by atoms with Gasteiger partial charge in [-0.15, -0.1) is 0 Å². The number of aryl methyl sites for hydroxylation is 1. The molecule has 0 unspecified atom stereocenters. The molecule has 0 fully saturated rings. The van der Waals surface area contributed by atoms with Gasteiger partial charge in [0.25, 0.3) is 0 Å². The van der Waals surface area contributed by atoms with Crippen LogP contribution in [0, 0.1) is 5.39 Å².